The van der Waals surface area contributed by atoms with Gasteiger partial charge in [0.2, 0.25) is 5.91 Å². The number of aromatic nitrogens is 2. The quantitative estimate of drug-likeness (QED) is 0.486. The van der Waals surface area contributed by atoms with Crippen molar-refractivity contribution in [1.29, 1.82) is 5.26 Å². The highest BCUT2D eigenvalue weighted by Crippen LogP contribution is 2.34. The van der Waals surface area contributed by atoms with Crippen molar-refractivity contribution in [2.75, 3.05) is 32.9 Å². The van der Waals surface area contributed by atoms with E-state index in [0.29, 0.717) is 61.3 Å². The summed E-state index contributed by atoms with van der Waals surface area (Å²) >= 11 is 0. The van der Waals surface area contributed by atoms with Crippen molar-refractivity contribution in [2.45, 2.75) is 25.8 Å². The topological polar surface area (TPSA) is 110 Å². The number of hydrogen-bond donors (Lipinski definition) is 0. The summed E-state index contributed by atoms with van der Waals surface area (Å²) in [6.45, 7) is 0.859. The van der Waals surface area contributed by atoms with Crippen LogP contribution in [0.15, 0.2) is 46.2 Å². The first-order valence-corrected chi connectivity index (χ1v) is 11.8. The van der Waals surface area contributed by atoms with E-state index in [1.807, 2.05) is 12.1 Å². The molecule has 1 saturated heterocycles. The third-order valence-corrected chi connectivity index (χ3v) is 6.30. The summed E-state index contributed by atoms with van der Waals surface area (Å²) in [4.78, 5) is 32.2. The van der Waals surface area contributed by atoms with Crippen LogP contribution in [0.3, 0.4) is 0 Å². The number of morpholine rings is 1. The molecule has 1 amide bonds. The minimum atomic E-state index is -2.66. The van der Waals surface area contributed by atoms with E-state index >= 15 is 0 Å². The van der Waals surface area contributed by atoms with Gasteiger partial charge in [-0.05, 0) is 17.7 Å². The number of carbonyl (C=O) groups is 1. The molecule has 0 unspecified atom stereocenters. The third kappa shape index (κ3) is 5.20. The second kappa shape index (κ2) is 10.4. The zero-order chi connectivity index (χ0) is 25.9. The first-order chi connectivity index (χ1) is 17.9. The van der Waals surface area contributed by atoms with E-state index in [4.69, 9.17) is 9.47 Å². The lowest BCUT2D eigenvalue weighted by Crippen LogP contribution is -2.44. The molecule has 0 spiro atoms. The van der Waals surface area contributed by atoms with Crippen LogP contribution in [0.1, 0.15) is 16.8 Å². The van der Waals surface area contributed by atoms with Gasteiger partial charge in [-0.2, -0.15) is 10.4 Å². The lowest BCUT2D eigenvalue weighted by Gasteiger charge is -2.27. The first-order valence-electron chi connectivity index (χ1n) is 11.8. The summed E-state index contributed by atoms with van der Waals surface area (Å²) in [6, 6.07) is 12.2. The number of carbonyl (C=O) groups excluding carboxylic acids is 1. The summed E-state index contributed by atoms with van der Waals surface area (Å²) in [5.74, 6) is -0.143. The van der Waals surface area contributed by atoms with Gasteiger partial charge in [-0.15, -0.1) is 0 Å². The third-order valence-electron chi connectivity index (χ3n) is 6.30. The van der Waals surface area contributed by atoms with Crippen LogP contribution in [0.4, 0.5) is 14.5 Å². The fourth-order valence-corrected chi connectivity index (χ4v) is 4.53. The van der Waals surface area contributed by atoms with Crippen molar-refractivity contribution in [3.8, 4) is 11.8 Å². The Morgan fingerprint density at radius 1 is 1.19 bits per heavy atom. The first kappa shape index (κ1) is 24.5. The molecule has 5 rings (SSSR count). The monoisotopic (exact) mass is 507 g/mol. The Labute approximate surface area is 210 Å². The largest absolute Gasteiger partial charge is 0.486 e. The van der Waals surface area contributed by atoms with Gasteiger partial charge in [0.1, 0.15) is 25.0 Å². The Morgan fingerprint density at radius 2 is 1.95 bits per heavy atom. The fourth-order valence-electron chi connectivity index (χ4n) is 4.53. The Morgan fingerprint density at radius 3 is 2.68 bits per heavy atom. The standard InChI is InChI=1S/C26H23F2N5O4/c27-24(28)15-37-23-12-21-16(9-17(23)13-29)10-18(30-21)11-22-19-3-1-2-4-20(19)26(35)33(31-22)14-25(34)32-5-7-36-8-6-32/h1-4,9,12,24H,5-8,10-11,14-15H2. The molecule has 0 aliphatic carbocycles. The van der Waals surface area contributed by atoms with E-state index < -0.39 is 13.0 Å². The SMILES string of the molecule is N#Cc1cc2c(cc1OCC(F)F)N=C(Cc1nn(CC(=O)N3CCOCC3)c(=O)c3ccccc13)C2. The minimum Gasteiger partial charge on any atom is -0.486 e. The number of alkyl halides is 2. The second-order valence-corrected chi connectivity index (χ2v) is 8.77. The van der Waals surface area contributed by atoms with Crippen molar-refractivity contribution in [3.63, 3.8) is 0 Å². The van der Waals surface area contributed by atoms with E-state index in [1.165, 1.54) is 10.7 Å². The van der Waals surface area contributed by atoms with Crippen LogP contribution in [-0.4, -0.2) is 65.6 Å². The summed E-state index contributed by atoms with van der Waals surface area (Å²) in [6.07, 6.45) is -1.93. The number of aliphatic imine (C=N–C) groups is 1. The predicted molar refractivity (Wildman–Crippen MR) is 131 cm³/mol. The Balaban J connectivity index is 1.44. The molecule has 0 saturated carbocycles. The van der Waals surface area contributed by atoms with Crippen molar-refractivity contribution in [1.82, 2.24) is 14.7 Å². The van der Waals surface area contributed by atoms with E-state index in [-0.39, 0.29) is 29.3 Å². The van der Waals surface area contributed by atoms with Crippen LogP contribution >= 0.6 is 0 Å². The summed E-state index contributed by atoms with van der Waals surface area (Å²) < 4.78 is 36.8. The van der Waals surface area contributed by atoms with Gasteiger partial charge in [0.25, 0.3) is 12.0 Å². The molecule has 3 heterocycles. The zero-order valence-corrected chi connectivity index (χ0v) is 19.8. The molecule has 2 aliphatic heterocycles. The van der Waals surface area contributed by atoms with Crippen molar-refractivity contribution < 1.29 is 23.0 Å². The number of ether oxygens (including phenoxy) is 2. The Hall–Kier alpha value is -4.17. The van der Waals surface area contributed by atoms with Crippen LogP contribution < -0.4 is 10.3 Å². The summed E-state index contributed by atoms with van der Waals surface area (Å²) in [7, 11) is 0. The molecule has 0 N–H and O–H groups in total. The van der Waals surface area contributed by atoms with E-state index in [2.05, 4.69) is 10.1 Å². The van der Waals surface area contributed by atoms with Crippen LogP contribution in [0.2, 0.25) is 0 Å². The lowest BCUT2D eigenvalue weighted by molar-refractivity contribution is -0.136. The molecule has 0 bridgehead atoms. The molecule has 37 heavy (non-hydrogen) atoms. The fraction of sp³-hybridized carbons (Fsp3) is 0.346. The number of amides is 1. The van der Waals surface area contributed by atoms with E-state index in [0.717, 1.165) is 11.3 Å². The predicted octanol–water partition coefficient (Wildman–Crippen LogP) is 2.64. The molecule has 2 aromatic carbocycles. The maximum atomic E-state index is 13.1. The van der Waals surface area contributed by atoms with Gasteiger partial charge in [-0.3, -0.25) is 14.6 Å². The molecule has 3 aromatic rings. The van der Waals surface area contributed by atoms with Crippen LogP contribution in [0, 0.1) is 11.3 Å². The highest BCUT2D eigenvalue weighted by Gasteiger charge is 2.23. The number of nitriles is 1. The normalized spacial score (nSPS) is 15.0. The molecular formula is C26H23F2N5O4. The van der Waals surface area contributed by atoms with Crippen molar-refractivity contribution in [3.05, 3.63) is 63.6 Å². The molecule has 9 nitrogen and oxygen atoms in total. The van der Waals surface area contributed by atoms with E-state index in [9.17, 15) is 23.6 Å². The van der Waals surface area contributed by atoms with Gasteiger partial charge in [0.05, 0.1) is 35.5 Å². The number of fused-ring (bicyclic) bond motifs is 2. The molecule has 1 aromatic heterocycles. The second-order valence-electron chi connectivity index (χ2n) is 8.77. The molecule has 2 aliphatic rings. The van der Waals surface area contributed by atoms with Gasteiger partial charge in [-0.25, -0.2) is 13.5 Å². The van der Waals surface area contributed by atoms with Crippen LogP contribution in [0.5, 0.6) is 5.75 Å². The minimum absolute atomic E-state index is 0.0605. The summed E-state index contributed by atoms with van der Waals surface area (Å²) in [5.41, 5.74) is 2.44. The average Bonchev–Trinajstić information content (AvgIpc) is 3.31. The number of rotatable bonds is 7. The van der Waals surface area contributed by atoms with Crippen LogP contribution in [0.25, 0.3) is 10.8 Å². The van der Waals surface area contributed by atoms with Gasteiger partial charge < -0.3 is 14.4 Å². The smallest absolute Gasteiger partial charge is 0.275 e. The Kier molecular flexibility index (Phi) is 6.92. The van der Waals surface area contributed by atoms with Crippen LogP contribution in [-0.2, 0) is 28.9 Å². The molecule has 0 radical (unpaired) electrons. The van der Waals surface area contributed by atoms with Gasteiger partial charge in [0, 0.05) is 43.1 Å². The Bertz CT molecular complexity index is 1490. The van der Waals surface area contributed by atoms with Crippen molar-refractivity contribution >= 4 is 28.1 Å². The van der Waals surface area contributed by atoms with Gasteiger partial charge in [0.15, 0.2) is 0 Å². The highest BCUT2D eigenvalue weighted by atomic mass is 19.3. The van der Waals surface area contributed by atoms with E-state index in [1.54, 1.807) is 29.2 Å². The number of halogens is 2. The molecular weight excluding hydrogens is 484 g/mol. The lowest BCUT2D eigenvalue weighted by atomic mass is 10.0. The molecule has 190 valence electrons. The number of benzene rings is 2. The summed E-state index contributed by atoms with van der Waals surface area (Å²) in [5, 5.41) is 15.1. The van der Waals surface area contributed by atoms with Gasteiger partial charge in [-0.1, -0.05) is 18.2 Å². The van der Waals surface area contributed by atoms with Crippen molar-refractivity contribution in [2.24, 2.45) is 4.99 Å². The average molecular weight is 507 g/mol. The van der Waals surface area contributed by atoms with Gasteiger partial charge >= 0.3 is 0 Å². The molecule has 11 heteroatoms. The molecule has 0 atom stereocenters. The zero-order valence-electron chi connectivity index (χ0n) is 19.8. The maximum absolute atomic E-state index is 13.1. The highest BCUT2D eigenvalue weighted by molar-refractivity contribution is 5.98. The number of hydrogen-bond acceptors (Lipinski definition) is 7. The molecule has 1 fully saturated rings. The maximum Gasteiger partial charge on any atom is 0.275 e. The number of nitrogens with zero attached hydrogens (tertiary/aromatic N) is 5.